The van der Waals surface area contributed by atoms with Gasteiger partial charge in [-0.05, 0) is 44.6 Å². The van der Waals surface area contributed by atoms with Gasteiger partial charge >= 0.3 is 0 Å². The molecule has 0 aromatic carbocycles. The number of carbonyl (C=O) groups excluding carboxylic acids is 1. The molecule has 2 atom stereocenters. The molecule has 17 heavy (non-hydrogen) atoms. The van der Waals surface area contributed by atoms with E-state index in [1.54, 1.807) is 0 Å². The Labute approximate surface area is 103 Å². The minimum Gasteiger partial charge on any atom is -0.395 e. The maximum Gasteiger partial charge on any atom is 0.226 e. The van der Waals surface area contributed by atoms with Crippen LogP contribution in [0.2, 0.25) is 0 Å². The number of hydrogen-bond acceptors (Lipinski definition) is 3. The van der Waals surface area contributed by atoms with Crippen LogP contribution in [-0.4, -0.2) is 41.7 Å². The molecular formula is C13H24N2O2. The van der Waals surface area contributed by atoms with Crippen LogP contribution >= 0.6 is 0 Å². The Morgan fingerprint density at radius 1 is 1.24 bits per heavy atom. The number of aliphatic hydroxyl groups excluding tert-OH is 1. The SMILES string of the molecule is NCC1CCCC1C(=O)N(CCO)C1CCC1. The first-order chi connectivity index (χ1) is 8.27. The van der Waals surface area contributed by atoms with Crippen LogP contribution in [-0.2, 0) is 4.79 Å². The van der Waals surface area contributed by atoms with Crippen LogP contribution < -0.4 is 5.73 Å². The Morgan fingerprint density at radius 3 is 2.47 bits per heavy atom. The molecule has 98 valence electrons. The highest BCUT2D eigenvalue weighted by atomic mass is 16.3. The first-order valence-corrected chi connectivity index (χ1v) is 6.89. The second-order valence-corrected chi connectivity index (χ2v) is 5.37. The molecule has 2 rings (SSSR count). The molecule has 4 heteroatoms. The zero-order valence-electron chi connectivity index (χ0n) is 10.5. The Morgan fingerprint density at radius 2 is 1.94 bits per heavy atom. The average molecular weight is 240 g/mol. The zero-order chi connectivity index (χ0) is 12.3. The lowest BCUT2D eigenvalue weighted by Crippen LogP contribution is -2.49. The molecule has 0 aliphatic heterocycles. The minimum absolute atomic E-state index is 0.0717. The number of rotatable bonds is 5. The van der Waals surface area contributed by atoms with Crippen molar-refractivity contribution in [1.82, 2.24) is 4.90 Å². The second-order valence-electron chi connectivity index (χ2n) is 5.37. The van der Waals surface area contributed by atoms with E-state index in [4.69, 9.17) is 10.8 Å². The van der Waals surface area contributed by atoms with E-state index in [1.807, 2.05) is 4.90 Å². The predicted octanol–water partition coefficient (Wildman–Crippen LogP) is 0.735. The van der Waals surface area contributed by atoms with Crippen molar-refractivity contribution in [2.45, 2.75) is 44.6 Å². The van der Waals surface area contributed by atoms with E-state index < -0.39 is 0 Å². The van der Waals surface area contributed by atoms with Crippen molar-refractivity contribution in [2.24, 2.45) is 17.6 Å². The molecule has 0 radical (unpaired) electrons. The zero-order valence-corrected chi connectivity index (χ0v) is 10.5. The Hall–Kier alpha value is -0.610. The van der Waals surface area contributed by atoms with Crippen molar-refractivity contribution in [3.63, 3.8) is 0 Å². The molecule has 2 fully saturated rings. The Kier molecular flexibility index (Phi) is 4.40. The van der Waals surface area contributed by atoms with Crippen LogP contribution in [0.4, 0.5) is 0 Å². The number of carbonyl (C=O) groups is 1. The van der Waals surface area contributed by atoms with Gasteiger partial charge in [-0.3, -0.25) is 4.79 Å². The lowest BCUT2D eigenvalue weighted by Gasteiger charge is -2.39. The van der Waals surface area contributed by atoms with Gasteiger partial charge in [-0.15, -0.1) is 0 Å². The van der Waals surface area contributed by atoms with Crippen molar-refractivity contribution in [1.29, 1.82) is 0 Å². The van der Waals surface area contributed by atoms with Crippen LogP contribution in [0.1, 0.15) is 38.5 Å². The summed E-state index contributed by atoms with van der Waals surface area (Å²) in [6, 6.07) is 0.383. The van der Waals surface area contributed by atoms with Gasteiger partial charge in [0, 0.05) is 18.5 Å². The van der Waals surface area contributed by atoms with Gasteiger partial charge in [0.1, 0.15) is 0 Å². The topological polar surface area (TPSA) is 66.6 Å². The van der Waals surface area contributed by atoms with E-state index >= 15 is 0 Å². The Bertz CT molecular complexity index is 266. The van der Waals surface area contributed by atoms with E-state index in [-0.39, 0.29) is 18.4 Å². The van der Waals surface area contributed by atoms with Crippen LogP contribution in [0.15, 0.2) is 0 Å². The van der Waals surface area contributed by atoms with Gasteiger partial charge in [-0.25, -0.2) is 0 Å². The second kappa shape index (κ2) is 5.83. The number of nitrogens with zero attached hydrogens (tertiary/aromatic N) is 1. The van der Waals surface area contributed by atoms with Crippen molar-refractivity contribution in [3.05, 3.63) is 0 Å². The summed E-state index contributed by atoms with van der Waals surface area (Å²) in [6.45, 7) is 1.19. The van der Waals surface area contributed by atoms with Gasteiger partial charge in [0.05, 0.1) is 6.61 Å². The molecule has 0 aromatic rings. The molecule has 0 saturated heterocycles. The number of hydrogen-bond donors (Lipinski definition) is 2. The largest absolute Gasteiger partial charge is 0.395 e. The van der Waals surface area contributed by atoms with Crippen molar-refractivity contribution in [3.8, 4) is 0 Å². The minimum atomic E-state index is 0.0717. The Balaban J connectivity index is 1.99. The molecular weight excluding hydrogens is 216 g/mol. The van der Waals surface area contributed by atoms with Gasteiger partial charge in [0.25, 0.3) is 0 Å². The maximum atomic E-state index is 12.5. The molecule has 4 nitrogen and oxygen atoms in total. The summed E-state index contributed by atoms with van der Waals surface area (Å²) in [5.74, 6) is 0.729. The highest BCUT2D eigenvalue weighted by Crippen LogP contribution is 2.34. The molecule has 3 N–H and O–H groups in total. The number of amides is 1. The van der Waals surface area contributed by atoms with E-state index in [9.17, 15) is 4.79 Å². The third-order valence-corrected chi connectivity index (χ3v) is 4.42. The van der Waals surface area contributed by atoms with Gasteiger partial charge < -0.3 is 15.7 Å². The fraction of sp³-hybridized carbons (Fsp3) is 0.923. The van der Waals surface area contributed by atoms with Crippen LogP contribution in [0, 0.1) is 11.8 Å². The first-order valence-electron chi connectivity index (χ1n) is 6.89. The lowest BCUT2D eigenvalue weighted by atomic mass is 9.88. The van der Waals surface area contributed by atoms with E-state index in [1.165, 1.54) is 6.42 Å². The third-order valence-electron chi connectivity index (χ3n) is 4.42. The van der Waals surface area contributed by atoms with E-state index in [2.05, 4.69) is 0 Å². The summed E-state index contributed by atoms with van der Waals surface area (Å²) in [5.41, 5.74) is 5.74. The van der Waals surface area contributed by atoms with Crippen molar-refractivity contribution < 1.29 is 9.90 Å². The van der Waals surface area contributed by atoms with Crippen molar-refractivity contribution in [2.75, 3.05) is 19.7 Å². The maximum absolute atomic E-state index is 12.5. The van der Waals surface area contributed by atoms with Gasteiger partial charge in [-0.1, -0.05) is 6.42 Å². The highest BCUT2D eigenvalue weighted by Gasteiger charge is 2.37. The summed E-state index contributed by atoms with van der Waals surface area (Å²) in [5, 5.41) is 9.10. The molecule has 2 aliphatic carbocycles. The molecule has 0 heterocycles. The molecule has 0 spiro atoms. The highest BCUT2D eigenvalue weighted by molar-refractivity contribution is 5.80. The summed E-state index contributed by atoms with van der Waals surface area (Å²) in [7, 11) is 0. The molecule has 1 amide bonds. The summed E-state index contributed by atoms with van der Waals surface area (Å²) in [6.07, 6.45) is 6.61. The smallest absolute Gasteiger partial charge is 0.226 e. The average Bonchev–Trinajstić information content (AvgIpc) is 2.73. The summed E-state index contributed by atoms with van der Waals surface area (Å²) in [4.78, 5) is 14.4. The van der Waals surface area contributed by atoms with Crippen molar-refractivity contribution >= 4 is 5.91 Å². The fourth-order valence-corrected chi connectivity index (χ4v) is 3.14. The first kappa shape index (κ1) is 12.8. The van der Waals surface area contributed by atoms with E-state index in [0.717, 1.165) is 32.1 Å². The third kappa shape index (κ3) is 2.63. The summed E-state index contributed by atoms with van der Waals surface area (Å²) < 4.78 is 0. The van der Waals surface area contributed by atoms with E-state index in [0.29, 0.717) is 25.0 Å². The normalized spacial score (nSPS) is 29.1. The van der Waals surface area contributed by atoms with Crippen LogP contribution in [0.25, 0.3) is 0 Å². The van der Waals surface area contributed by atoms with Gasteiger partial charge in [-0.2, -0.15) is 0 Å². The number of aliphatic hydroxyl groups is 1. The quantitative estimate of drug-likeness (QED) is 0.744. The number of nitrogens with two attached hydrogens (primary N) is 1. The monoisotopic (exact) mass is 240 g/mol. The summed E-state index contributed by atoms with van der Waals surface area (Å²) >= 11 is 0. The predicted molar refractivity (Wildman–Crippen MR) is 66.3 cm³/mol. The van der Waals surface area contributed by atoms with Crippen LogP contribution in [0.5, 0.6) is 0 Å². The fourth-order valence-electron chi connectivity index (χ4n) is 3.14. The molecule has 2 unspecified atom stereocenters. The van der Waals surface area contributed by atoms with Gasteiger partial charge in [0.2, 0.25) is 5.91 Å². The van der Waals surface area contributed by atoms with Crippen LogP contribution in [0.3, 0.4) is 0 Å². The van der Waals surface area contributed by atoms with Gasteiger partial charge in [0.15, 0.2) is 0 Å². The molecule has 0 aromatic heterocycles. The lowest BCUT2D eigenvalue weighted by molar-refractivity contribution is -0.141. The molecule has 2 aliphatic rings. The standard InChI is InChI=1S/C13H24N2O2/c14-9-10-3-1-6-12(10)13(17)15(7-8-16)11-4-2-5-11/h10-12,16H,1-9,14H2. The molecule has 2 saturated carbocycles. The molecule has 0 bridgehead atoms.